The number of fused-ring (bicyclic) bond motifs is 1. The summed E-state index contributed by atoms with van der Waals surface area (Å²) in [5.74, 6) is 1.50. The van der Waals surface area contributed by atoms with E-state index in [2.05, 4.69) is 9.89 Å². The number of rotatable bonds is 5. The van der Waals surface area contributed by atoms with E-state index in [0.717, 1.165) is 40.3 Å². The Morgan fingerprint density at radius 3 is 2.83 bits per heavy atom. The van der Waals surface area contributed by atoms with Gasteiger partial charge in [-0.2, -0.15) is 4.73 Å². The minimum atomic E-state index is 0.248. The van der Waals surface area contributed by atoms with E-state index in [1.807, 2.05) is 26.2 Å². The van der Waals surface area contributed by atoms with E-state index in [-0.39, 0.29) is 6.79 Å². The first-order valence-electron chi connectivity index (χ1n) is 7.42. The first kappa shape index (κ1) is 15.3. The van der Waals surface area contributed by atoms with Crippen molar-refractivity contribution in [3.05, 3.63) is 53.0 Å². The van der Waals surface area contributed by atoms with Crippen LogP contribution < -0.4 is 14.2 Å². The van der Waals surface area contributed by atoms with Crippen molar-refractivity contribution in [1.29, 1.82) is 0 Å². The zero-order valence-electron chi connectivity index (χ0n) is 13.2. The number of benzene rings is 1. The first-order chi connectivity index (χ1) is 11.1. The van der Waals surface area contributed by atoms with Crippen molar-refractivity contribution < 1.29 is 14.2 Å². The number of aromatic nitrogens is 1. The van der Waals surface area contributed by atoms with Crippen LogP contribution in [-0.2, 0) is 6.42 Å². The maximum absolute atomic E-state index is 11.3. The second kappa shape index (κ2) is 6.66. The molecule has 0 spiro atoms. The second-order valence-electron chi connectivity index (χ2n) is 5.64. The van der Waals surface area contributed by atoms with Crippen molar-refractivity contribution in [3.63, 3.8) is 0 Å². The fourth-order valence-corrected chi connectivity index (χ4v) is 2.34. The van der Waals surface area contributed by atoms with Crippen LogP contribution in [0, 0.1) is 5.21 Å². The average Bonchev–Trinajstić information content (AvgIpc) is 2.97. The second-order valence-corrected chi connectivity index (χ2v) is 5.64. The largest absolute Gasteiger partial charge is 0.619 e. The van der Waals surface area contributed by atoms with Crippen LogP contribution in [0.25, 0.3) is 0 Å². The van der Waals surface area contributed by atoms with Gasteiger partial charge >= 0.3 is 0 Å². The lowest BCUT2D eigenvalue weighted by atomic mass is 10.0. The van der Waals surface area contributed by atoms with Crippen molar-refractivity contribution in [2.75, 3.05) is 27.4 Å². The van der Waals surface area contributed by atoms with E-state index in [1.165, 1.54) is 12.4 Å². The third kappa shape index (κ3) is 3.78. The lowest BCUT2D eigenvalue weighted by molar-refractivity contribution is -0.604. The Morgan fingerprint density at radius 2 is 2.09 bits per heavy atom. The van der Waals surface area contributed by atoms with Crippen molar-refractivity contribution >= 4 is 11.9 Å². The van der Waals surface area contributed by atoms with Crippen LogP contribution in [0.5, 0.6) is 11.5 Å². The maximum Gasteiger partial charge on any atom is 0.231 e. The van der Waals surface area contributed by atoms with E-state index in [9.17, 15) is 5.21 Å². The van der Waals surface area contributed by atoms with Crippen LogP contribution in [0.15, 0.2) is 41.7 Å². The topological polar surface area (TPSA) is 61.0 Å². The number of nitrogens with zero attached hydrogens (tertiary/aromatic N) is 3. The molecular weight excluding hydrogens is 294 g/mol. The summed E-state index contributed by atoms with van der Waals surface area (Å²) in [4.78, 5) is 6.52. The molecule has 0 amide bonds. The Hall–Kier alpha value is -2.60. The van der Waals surface area contributed by atoms with Gasteiger partial charge in [0, 0.05) is 18.8 Å². The van der Waals surface area contributed by atoms with Gasteiger partial charge in [0.15, 0.2) is 17.7 Å². The highest BCUT2D eigenvalue weighted by Crippen LogP contribution is 2.34. The minimum Gasteiger partial charge on any atom is -0.619 e. The summed E-state index contributed by atoms with van der Waals surface area (Å²) in [6, 6.07) is 7.40. The molecule has 0 aliphatic carbocycles. The molecule has 2 heterocycles. The molecule has 0 fully saturated rings. The van der Waals surface area contributed by atoms with E-state index >= 15 is 0 Å². The summed E-state index contributed by atoms with van der Waals surface area (Å²) < 4.78 is 11.6. The molecule has 0 atom stereocenters. The lowest BCUT2D eigenvalue weighted by Crippen LogP contribution is -2.23. The Morgan fingerprint density at radius 1 is 1.30 bits per heavy atom. The van der Waals surface area contributed by atoms with Gasteiger partial charge in [0.25, 0.3) is 0 Å². The van der Waals surface area contributed by atoms with Gasteiger partial charge in [-0.05, 0) is 49.8 Å². The van der Waals surface area contributed by atoms with Gasteiger partial charge in [-0.3, -0.25) is 0 Å². The smallest absolute Gasteiger partial charge is 0.231 e. The van der Waals surface area contributed by atoms with Gasteiger partial charge in [0.2, 0.25) is 13.0 Å². The molecule has 120 valence electrons. The fraction of sp³-hybridized carbons (Fsp3) is 0.294. The molecule has 0 saturated heterocycles. The van der Waals surface area contributed by atoms with E-state index < -0.39 is 0 Å². The maximum atomic E-state index is 11.3. The number of ether oxygens (including phenoxy) is 2. The molecule has 1 aromatic heterocycles. The normalized spacial score (nSPS) is 13.2. The minimum absolute atomic E-state index is 0.248. The van der Waals surface area contributed by atoms with Crippen molar-refractivity contribution in [1.82, 2.24) is 4.90 Å². The SMILES string of the molecule is CN(C)CCc1cc2c(cc1C=Nc1ccc[n+]([O-])c1)OCO2. The molecule has 0 unspecified atom stereocenters. The summed E-state index contributed by atoms with van der Waals surface area (Å²) in [6.45, 7) is 1.17. The fourth-order valence-electron chi connectivity index (χ4n) is 2.34. The summed E-state index contributed by atoms with van der Waals surface area (Å²) >= 11 is 0. The molecule has 6 heteroatoms. The molecule has 1 aliphatic heterocycles. The third-order valence-electron chi connectivity index (χ3n) is 3.57. The van der Waals surface area contributed by atoms with Gasteiger partial charge in [-0.15, -0.1) is 0 Å². The summed E-state index contributed by atoms with van der Waals surface area (Å²) in [6.07, 6.45) is 5.51. The summed E-state index contributed by atoms with van der Waals surface area (Å²) in [5.41, 5.74) is 2.72. The highest BCUT2D eigenvalue weighted by molar-refractivity contribution is 5.85. The zero-order valence-corrected chi connectivity index (χ0v) is 13.2. The highest BCUT2D eigenvalue weighted by Gasteiger charge is 2.16. The molecule has 0 saturated carbocycles. The van der Waals surface area contributed by atoms with Crippen molar-refractivity contribution in [3.8, 4) is 11.5 Å². The first-order valence-corrected chi connectivity index (χ1v) is 7.42. The monoisotopic (exact) mass is 313 g/mol. The highest BCUT2D eigenvalue weighted by atomic mass is 16.7. The van der Waals surface area contributed by atoms with Crippen LogP contribution in [0.3, 0.4) is 0 Å². The van der Waals surface area contributed by atoms with E-state index in [0.29, 0.717) is 5.69 Å². The number of aliphatic imine (C=N–C) groups is 1. The number of pyridine rings is 1. The number of hydrogen-bond donors (Lipinski definition) is 0. The van der Waals surface area contributed by atoms with Gasteiger partial charge < -0.3 is 19.6 Å². The van der Waals surface area contributed by atoms with Gasteiger partial charge in [-0.1, -0.05) is 0 Å². The average molecular weight is 313 g/mol. The summed E-state index contributed by atoms with van der Waals surface area (Å²) in [5, 5.41) is 11.3. The van der Waals surface area contributed by atoms with Crippen LogP contribution in [0.1, 0.15) is 11.1 Å². The Kier molecular flexibility index (Phi) is 4.43. The molecule has 0 N–H and O–H groups in total. The van der Waals surface area contributed by atoms with Crippen molar-refractivity contribution in [2.24, 2.45) is 4.99 Å². The number of hydrogen-bond acceptors (Lipinski definition) is 5. The molecular formula is C17H19N3O3. The standard InChI is InChI=1S/C17H19N3O3/c1-19(2)7-5-13-8-16-17(23-12-22-16)9-14(13)10-18-15-4-3-6-20(21)11-15/h3-4,6,8-11H,5,7,12H2,1-2H3. The third-order valence-corrected chi connectivity index (χ3v) is 3.57. The van der Waals surface area contributed by atoms with Crippen LogP contribution in [-0.4, -0.2) is 38.5 Å². The predicted molar refractivity (Wildman–Crippen MR) is 87.5 cm³/mol. The van der Waals surface area contributed by atoms with Crippen LogP contribution in [0.4, 0.5) is 5.69 Å². The molecule has 23 heavy (non-hydrogen) atoms. The molecule has 0 radical (unpaired) electrons. The lowest BCUT2D eigenvalue weighted by Gasteiger charge is -2.12. The zero-order chi connectivity index (χ0) is 16.2. The van der Waals surface area contributed by atoms with Gasteiger partial charge in [0.1, 0.15) is 5.69 Å². The summed E-state index contributed by atoms with van der Waals surface area (Å²) in [7, 11) is 4.08. The molecule has 0 bridgehead atoms. The van der Waals surface area contributed by atoms with Crippen LogP contribution in [0.2, 0.25) is 0 Å². The quantitative estimate of drug-likeness (QED) is 0.480. The molecule has 1 aliphatic rings. The van der Waals surface area contributed by atoms with E-state index in [1.54, 1.807) is 18.3 Å². The Labute approximate surface area is 135 Å². The van der Waals surface area contributed by atoms with E-state index in [4.69, 9.17) is 9.47 Å². The molecule has 6 nitrogen and oxygen atoms in total. The van der Waals surface area contributed by atoms with Gasteiger partial charge in [-0.25, -0.2) is 4.99 Å². The van der Waals surface area contributed by atoms with Crippen LogP contribution >= 0.6 is 0 Å². The Balaban J connectivity index is 1.89. The number of likely N-dealkylation sites (N-methyl/N-ethyl adjacent to an activating group) is 1. The Bertz CT molecular complexity index is 729. The predicted octanol–water partition coefficient (Wildman–Crippen LogP) is 1.90. The molecule has 1 aromatic carbocycles. The van der Waals surface area contributed by atoms with Gasteiger partial charge in [0.05, 0.1) is 0 Å². The van der Waals surface area contributed by atoms with Crippen molar-refractivity contribution in [2.45, 2.75) is 6.42 Å². The molecule has 2 aromatic rings. The molecule has 3 rings (SSSR count).